The zero-order chi connectivity index (χ0) is 9.80. The lowest BCUT2D eigenvalue weighted by Crippen LogP contribution is -2.16. The highest BCUT2D eigenvalue weighted by Crippen LogP contribution is 2.43. The Morgan fingerprint density at radius 3 is 2.20 bits per heavy atom. The number of benzene rings is 1. The SMILES string of the molecule is C[P@@](c1ccccc1)C1CCCCC1.[B]. The maximum atomic E-state index is 2.46. The Kier molecular flexibility index (Phi) is 5.39. The summed E-state index contributed by atoms with van der Waals surface area (Å²) < 4.78 is 0. The van der Waals surface area contributed by atoms with Crippen molar-refractivity contribution in [1.29, 1.82) is 0 Å². The van der Waals surface area contributed by atoms with E-state index in [0.717, 1.165) is 5.66 Å². The molecule has 79 valence electrons. The lowest BCUT2D eigenvalue weighted by molar-refractivity contribution is 0.512. The van der Waals surface area contributed by atoms with Gasteiger partial charge in [0.05, 0.1) is 0 Å². The zero-order valence-corrected chi connectivity index (χ0v) is 10.4. The molecule has 0 bridgehead atoms. The van der Waals surface area contributed by atoms with Crippen LogP contribution in [0.4, 0.5) is 0 Å². The number of rotatable bonds is 2. The van der Waals surface area contributed by atoms with Gasteiger partial charge < -0.3 is 0 Å². The molecule has 1 aromatic carbocycles. The summed E-state index contributed by atoms with van der Waals surface area (Å²) in [4.78, 5) is 0. The van der Waals surface area contributed by atoms with Crippen LogP contribution < -0.4 is 5.30 Å². The topological polar surface area (TPSA) is 0 Å². The minimum atomic E-state index is 0. The Balaban J connectivity index is 0.00000112. The first-order valence-electron chi connectivity index (χ1n) is 5.66. The molecular formula is C13H19BP. The smallest absolute Gasteiger partial charge is 0 e. The van der Waals surface area contributed by atoms with Crippen LogP contribution in [0.3, 0.4) is 0 Å². The maximum absolute atomic E-state index is 2.46. The van der Waals surface area contributed by atoms with E-state index in [0.29, 0.717) is 0 Å². The molecule has 0 aliphatic heterocycles. The quantitative estimate of drug-likeness (QED) is 0.526. The summed E-state index contributed by atoms with van der Waals surface area (Å²) in [6, 6.07) is 11.1. The summed E-state index contributed by atoms with van der Waals surface area (Å²) in [7, 11) is 0.106. The molecule has 1 aromatic rings. The van der Waals surface area contributed by atoms with E-state index in [1.807, 2.05) is 0 Å². The Hall–Kier alpha value is -0.285. The third kappa shape index (κ3) is 3.35. The molecule has 1 aliphatic carbocycles. The highest BCUT2D eigenvalue weighted by Gasteiger charge is 2.20. The predicted molar refractivity (Wildman–Crippen MR) is 71.5 cm³/mol. The third-order valence-corrected chi connectivity index (χ3v) is 6.01. The standard InChI is InChI=1S/C13H19P.B/c1-14(12-8-4-2-5-9-12)13-10-6-3-7-11-13;/h2,4-5,8-9,13H,3,6-7,10-11H2,1H3;/t14-;/m0./s1. The van der Waals surface area contributed by atoms with E-state index in [2.05, 4.69) is 37.0 Å². The Morgan fingerprint density at radius 2 is 1.60 bits per heavy atom. The first-order valence-corrected chi connectivity index (χ1v) is 7.51. The van der Waals surface area contributed by atoms with Crippen LogP contribution in [0.1, 0.15) is 32.1 Å². The van der Waals surface area contributed by atoms with Crippen molar-refractivity contribution in [3.05, 3.63) is 30.3 Å². The van der Waals surface area contributed by atoms with Crippen LogP contribution in [0.5, 0.6) is 0 Å². The number of hydrogen-bond donors (Lipinski definition) is 0. The second-order valence-electron chi connectivity index (χ2n) is 4.24. The van der Waals surface area contributed by atoms with Gasteiger partial charge in [-0.05, 0) is 30.5 Å². The summed E-state index contributed by atoms with van der Waals surface area (Å²) in [5.41, 5.74) is 1.00. The van der Waals surface area contributed by atoms with Crippen molar-refractivity contribution in [3.8, 4) is 0 Å². The molecule has 1 saturated carbocycles. The molecule has 0 N–H and O–H groups in total. The summed E-state index contributed by atoms with van der Waals surface area (Å²) >= 11 is 0. The summed E-state index contributed by atoms with van der Waals surface area (Å²) in [5, 5.41) is 1.59. The van der Waals surface area contributed by atoms with Crippen molar-refractivity contribution < 1.29 is 0 Å². The molecule has 2 rings (SSSR count). The van der Waals surface area contributed by atoms with Crippen molar-refractivity contribution in [2.45, 2.75) is 37.8 Å². The Bertz CT molecular complexity index is 267. The van der Waals surface area contributed by atoms with Gasteiger partial charge in [-0.2, -0.15) is 0 Å². The van der Waals surface area contributed by atoms with E-state index in [9.17, 15) is 0 Å². The van der Waals surface area contributed by atoms with Crippen LogP contribution in [0.15, 0.2) is 30.3 Å². The minimum Gasteiger partial charge on any atom is -0.0753 e. The van der Waals surface area contributed by atoms with E-state index in [1.165, 1.54) is 32.1 Å². The largest absolute Gasteiger partial charge is 0.0753 e. The Morgan fingerprint density at radius 1 is 1.00 bits per heavy atom. The van der Waals surface area contributed by atoms with Gasteiger partial charge in [0.15, 0.2) is 0 Å². The maximum Gasteiger partial charge on any atom is 0 e. The predicted octanol–water partition coefficient (Wildman–Crippen LogP) is 3.38. The van der Waals surface area contributed by atoms with Crippen LogP contribution in [-0.4, -0.2) is 20.7 Å². The van der Waals surface area contributed by atoms with Gasteiger partial charge in [0.1, 0.15) is 0 Å². The first-order chi connectivity index (χ1) is 6.88. The van der Waals surface area contributed by atoms with Gasteiger partial charge in [0.25, 0.3) is 0 Å². The van der Waals surface area contributed by atoms with E-state index >= 15 is 0 Å². The van der Waals surface area contributed by atoms with Crippen molar-refractivity contribution in [2.75, 3.05) is 6.66 Å². The molecule has 15 heavy (non-hydrogen) atoms. The van der Waals surface area contributed by atoms with Crippen LogP contribution in [-0.2, 0) is 0 Å². The van der Waals surface area contributed by atoms with Crippen molar-refractivity contribution >= 4 is 21.6 Å². The lowest BCUT2D eigenvalue weighted by atomic mass is 10.0. The molecule has 0 heterocycles. The molecule has 0 nitrogen and oxygen atoms in total. The molecule has 3 radical (unpaired) electrons. The molecule has 0 unspecified atom stereocenters. The minimum absolute atomic E-state index is 0. The molecule has 1 aliphatic rings. The van der Waals surface area contributed by atoms with Gasteiger partial charge in [-0.25, -0.2) is 0 Å². The number of hydrogen-bond acceptors (Lipinski definition) is 0. The van der Waals surface area contributed by atoms with E-state index < -0.39 is 0 Å². The zero-order valence-electron chi connectivity index (χ0n) is 9.52. The van der Waals surface area contributed by atoms with Crippen LogP contribution in [0.25, 0.3) is 0 Å². The second-order valence-corrected chi connectivity index (χ2v) is 6.71. The third-order valence-electron chi connectivity index (χ3n) is 3.29. The van der Waals surface area contributed by atoms with Gasteiger partial charge in [-0.1, -0.05) is 57.5 Å². The van der Waals surface area contributed by atoms with Gasteiger partial charge in [-0.15, -0.1) is 0 Å². The molecule has 0 aromatic heterocycles. The van der Waals surface area contributed by atoms with Gasteiger partial charge in [0, 0.05) is 8.41 Å². The fourth-order valence-corrected chi connectivity index (χ4v) is 4.55. The average Bonchev–Trinajstić information content (AvgIpc) is 2.30. The monoisotopic (exact) mass is 217 g/mol. The summed E-state index contributed by atoms with van der Waals surface area (Å²) in [6.07, 6.45) is 7.33. The van der Waals surface area contributed by atoms with Crippen molar-refractivity contribution in [2.24, 2.45) is 0 Å². The van der Waals surface area contributed by atoms with Gasteiger partial charge in [0.2, 0.25) is 0 Å². The molecule has 0 saturated heterocycles. The van der Waals surface area contributed by atoms with E-state index in [4.69, 9.17) is 0 Å². The van der Waals surface area contributed by atoms with E-state index in [1.54, 1.807) is 5.30 Å². The molecule has 0 spiro atoms. The molecule has 1 atom stereocenters. The van der Waals surface area contributed by atoms with Crippen LogP contribution in [0.2, 0.25) is 0 Å². The molecular weight excluding hydrogens is 198 g/mol. The lowest BCUT2D eigenvalue weighted by Gasteiger charge is -2.28. The fourth-order valence-electron chi connectivity index (χ4n) is 2.34. The van der Waals surface area contributed by atoms with E-state index in [-0.39, 0.29) is 16.3 Å². The van der Waals surface area contributed by atoms with Gasteiger partial charge in [-0.3, -0.25) is 0 Å². The fraction of sp³-hybridized carbons (Fsp3) is 0.538. The summed E-state index contributed by atoms with van der Waals surface area (Å²) in [5.74, 6) is 0. The molecule has 1 fully saturated rings. The molecule has 0 amide bonds. The van der Waals surface area contributed by atoms with Gasteiger partial charge >= 0.3 is 0 Å². The van der Waals surface area contributed by atoms with Crippen molar-refractivity contribution in [3.63, 3.8) is 0 Å². The normalized spacial score (nSPS) is 19.3. The average molecular weight is 217 g/mol. The summed E-state index contributed by atoms with van der Waals surface area (Å²) in [6.45, 7) is 2.46. The Labute approximate surface area is 96.8 Å². The van der Waals surface area contributed by atoms with Crippen molar-refractivity contribution in [1.82, 2.24) is 0 Å². The first kappa shape index (κ1) is 12.8. The highest BCUT2D eigenvalue weighted by molar-refractivity contribution is 7.65. The van der Waals surface area contributed by atoms with Crippen LogP contribution in [0, 0.1) is 0 Å². The molecule has 2 heteroatoms. The second kappa shape index (κ2) is 6.33. The van der Waals surface area contributed by atoms with Crippen LogP contribution >= 0.6 is 7.92 Å². The highest BCUT2D eigenvalue weighted by atomic mass is 31.1.